The molecule has 20 heteroatoms. The van der Waals surface area contributed by atoms with Crippen molar-refractivity contribution in [2.75, 3.05) is 27.4 Å². The van der Waals surface area contributed by atoms with Gasteiger partial charge in [-0.2, -0.15) is 0 Å². The number of hydrogen-bond donors (Lipinski definition) is 0. The topological polar surface area (TPSA) is 222 Å². The van der Waals surface area contributed by atoms with E-state index in [0.717, 1.165) is 115 Å². The molecule has 0 aliphatic rings. The fraction of sp³-hybridized carbons (Fsp3) is 0.140. The van der Waals surface area contributed by atoms with Crippen LogP contribution in [0.5, 0.6) is 0 Å². The van der Waals surface area contributed by atoms with E-state index in [2.05, 4.69) is 0 Å². The van der Waals surface area contributed by atoms with E-state index in [0.29, 0.717) is 0 Å². The average molecular weight is 971 g/mol. The molecular weight excluding hydrogens is 931 g/mol. The predicted octanol–water partition coefficient (Wildman–Crippen LogP) is 5.55. The molecule has 0 aliphatic carbocycles. The maximum Gasteiger partial charge on any atom is 0.281 e. The number of nitrogens with zero attached hydrogens (tertiary/aromatic N) is 1. The second-order valence-corrected chi connectivity index (χ2v) is 27.2. The van der Waals surface area contributed by atoms with E-state index < -0.39 is 74.6 Å². The zero-order valence-corrected chi connectivity index (χ0v) is 39.1. The first-order chi connectivity index (χ1) is 29.1. The van der Waals surface area contributed by atoms with Gasteiger partial charge in [0.15, 0.2) is 9.84 Å². The van der Waals surface area contributed by atoms with Crippen LogP contribution >= 0.6 is 0 Å². The molecular formula is C43H40NO13S6+. The number of carbonyl (C=O) groups is 1. The Morgan fingerprint density at radius 1 is 0.413 bits per heavy atom. The standard InChI is InChI=1S/C43H40NO13S6/c1-30-6-10-34(11-7-30)59(48,49)37-22-24-40(25-23-37)62(54,55)41-26-27-42(32(28-41)29-44(2,3)4)63(56,57)43(45)31-8-12-35(13-9-31)60(50,51)38-18-20-39(21-19-38)61(52,53)36-16-14-33(15-17-36)58(5,46)47/h6-28H,29H2,1-5H3/q+1. The van der Waals surface area contributed by atoms with Gasteiger partial charge in [-0.25, -0.2) is 50.5 Å². The third-order valence-corrected chi connectivity index (χ3v) is 19.7. The highest BCUT2D eigenvalue weighted by Crippen LogP contribution is 2.32. The average Bonchev–Trinajstić information content (AvgIpc) is 3.22. The number of benzene rings is 6. The van der Waals surface area contributed by atoms with E-state index in [4.69, 9.17) is 0 Å². The number of sulfone groups is 6. The van der Waals surface area contributed by atoms with Crippen molar-refractivity contribution in [1.82, 2.24) is 0 Å². The van der Waals surface area contributed by atoms with Crippen LogP contribution < -0.4 is 0 Å². The van der Waals surface area contributed by atoms with Gasteiger partial charge in [-0.15, -0.1) is 0 Å². The van der Waals surface area contributed by atoms with Crippen molar-refractivity contribution in [3.63, 3.8) is 0 Å². The smallest absolute Gasteiger partial charge is 0.281 e. The van der Waals surface area contributed by atoms with Gasteiger partial charge in [-0.3, -0.25) is 4.79 Å². The fourth-order valence-corrected chi connectivity index (χ4v) is 13.5. The quantitative estimate of drug-likeness (QED) is 0.130. The Morgan fingerprint density at radius 2 is 0.698 bits per heavy atom. The van der Waals surface area contributed by atoms with Crippen LogP contribution in [0.2, 0.25) is 0 Å². The molecule has 63 heavy (non-hydrogen) atoms. The first-order valence-corrected chi connectivity index (χ1v) is 27.8. The molecule has 0 amide bonds. The van der Waals surface area contributed by atoms with Gasteiger partial charge >= 0.3 is 0 Å². The highest BCUT2D eigenvalue weighted by atomic mass is 32.2. The molecule has 6 rings (SSSR count). The first-order valence-electron chi connectivity index (χ1n) is 18.5. The number of hydrogen-bond acceptors (Lipinski definition) is 13. The van der Waals surface area contributed by atoms with Gasteiger partial charge in [0.2, 0.25) is 49.2 Å². The third-order valence-electron chi connectivity index (χ3n) is 9.70. The molecule has 0 heterocycles. The van der Waals surface area contributed by atoms with Crippen molar-refractivity contribution >= 4 is 64.1 Å². The predicted molar refractivity (Wildman–Crippen MR) is 232 cm³/mol. The molecule has 330 valence electrons. The lowest BCUT2D eigenvalue weighted by atomic mass is 10.2. The van der Waals surface area contributed by atoms with Crippen LogP contribution in [0.25, 0.3) is 0 Å². The van der Waals surface area contributed by atoms with E-state index >= 15 is 0 Å². The molecule has 0 bridgehead atoms. The van der Waals surface area contributed by atoms with Gasteiger partial charge in [0.05, 0.1) is 70.1 Å². The number of carbonyl (C=O) groups excluding carboxylic acids is 1. The molecule has 0 aromatic heterocycles. The largest absolute Gasteiger partial charge is 0.327 e. The summed E-state index contributed by atoms with van der Waals surface area (Å²) >= 11 is 0. The summed E-state index contributed by atoms with van der Waals surface area (Å²) in [7, 11) is -20.1. The fourth-order valence-electron chi connectivity index (χ4n) is 6.37. The van der Waals surface area contributed by atoms with E-state index in [-0.39, 0.29) is 60.7 Å². The first kappa shape index (κ1) is 47.1. The molecule has 0 radical (unpaired) electrons. The van der Waals surface area contributed by atoms with Crippen molar-refractivity contribution in [2.24, 2.45) is 0 Å². The molecule has 14 nitrogen and oxygen atoms in total. The summed E-state index contributed by atoms with van der Waals surface area (Å²) in [5, 5.41) is -1.39. The van der Waals surface area contributed by atoms with E-state index in [1.165, 1.54) is 24.3 Å². The Bertz CT molecular complexity index is 3460. The molecule has 0 fully saturated rings. The minimum absolute atomic E-state index is 0.00827. The monoisotopic (exact) mass is 970 g/mol. The Labute approximate surface area is 367 Å². The van der Waals surface area contributed by atoms with Gasteiger partial charge in [0.1, 0.15) is 6.54 Å². The lowest BCUT2D eigenvalue weighted by molar-refractivity contribution is -0.884. The Kier molecular flexibility index (Phi) is 12.5. The summed E-state index contributed by atoms with van der Waals surface area (Å²) < 4.78 is 159. The Balaban J connectivity index is 1.25. The van der Waals surface area contributed by atoms with Crippen LogP contribution in [0.15, 0.2) is 188 Å². The highest BCUT2D eigenvalue weighted by molar-refractivity contribution is 8.06. The molecule has 0 aliphatic heterocycles. The molecule has 6 aromatic carbocycles. The van der Waals surface area contributed by atoms with E-state index in [1.807, 2.05) is 0 Å². The molecule has 0 saturated carbocycles. The summed E-state index contributed by atoms with van der Waals surface area (Å²) in [6.07, 6.45) is 0.973. The molecule has 0 N–H and O–H groups in total. The van der Waals surface area contributed by atoms with Gasteiger partial charge in [-0.05, 0) is 134 Å². The number of quaternary nitrogens is 1. The van der Waals surface area contributed by atoms with Crippen molar-refractivity contribution in [3.05, 3.63) is 156 Å². The summed E-state index contributed by atoms with van der Waals surface area (Å²) in [5.41, 5.74) is 0.449. The second kappa shape index (κ2) is 16.6. The molecule has 0 saturated heterocycles. The SMILES string of the molecule is Cc1ccc(S(=O)(=O)c2ccc(S(=O)(=O)c3ccc(S(=O)(=O)C(=O)c4ccc(S(=O)(=O)c5ccc(S(=O)(=O)c6ccc(S(C)(=O)=O)cc6)cc5)cc4)c(C[N+](C)(C)C)c3)cc2)cc1. The van der Waals surface area contributed by atoms with Crippen LogP contribution in [-0.2, 0) is 65.6 Å². The van der Waals surface area contributed by atoms with Crippen molar-refractivity contribution < 1.29 is 59.8 Å². The maximum atomic E-state index is 14.0. The van der Waals surface area contributed by atoms with Gasteiger partial charge in [0, 0.05) is 17.4 Å². The normalized spacial score (nSPS) is 13.1. The van der Waals surface area contributed by atoms with Crippen LogP contribution in [0.1, 0.15) is 21.5 Å². The lowest BCUT2D eigenvalue weighted by Crippen LogP contribution is -2.34. The minimum atomic E-state index is -4.87. The number of aryl methyl sites for hydroxylation is 1. The molecule has 0 unspecified atom stereocenters. The molecule has 0 atom stereocenters. The minimum Gasteiger partial charge on any atom is -0.327 e. The highest BCUT2D eigenvalue weighted by Gasteiger charge is 2.33. The summed E-state index contributed by atoms with van der Waals surface area (Å²) in [6, 6.07) is 26.8. The van der Waals surface area contributed by atoms with Crippen molar-refractivity contribution in [2.45, 2.75) is 62.4 Å². The zero-order valence-electron chi connectivity index (χ0n) is 34.2. The Hall–Kier alpha value is -5.35. The van der Waals surface area contributed by atoms with E-state index in [1.54, 1.807) is 40.2 Å². The maximum absolute atomic E-state index is 14.0. The van der Waals surface area contributed by atoms with E-state index in [9.17, 15) is 55.3 Å². The molecule has 0 spiro atoms. The van der Waals surface area contributed by atoms with Crippen LogP contribution in [0.4, 0.5) is 0 Å². The lowest BCUT2D eigenvalue weighted by Gasteiger charge is -2.25. The van der Waals surface area contributed by atoms with Crippen LogP contribution in [-0.4, -0.2) is 87.5 Å². The van der Waals surface area contributed by atoms with Crippen LogP contribution in [0.3, 0.4) is 0 Å². The number of rotatable bonds is 13. The third kappa shape index (κ3) is 9.62. The van der Waals surface area contributed by atoms with Crippen molar-refractivity contribution in [1.29, 1.82) is 0 Å². The van der Waals surface area contributed by atoms with Gasteiger partial charge in [-0.1, -0.05) is 17.7 Å². The van der Waals surface area contributed by atoms with Gasteiger partial charge in [0.25, 0.3) is 5.12 Å². The van der Waals surface area contributed by atoms with Gasteiger partial charge < -0.3 is 4.48 Å². The van der Waals surface area contributed by atoms with Crippen LogP contribution in [0, 0.1) is 6.92 Å². The summed E-state index contributed by atoms with van der Waals surface area (Å²) in [5.74, 6) is 0. The zero-order chi connectivity index (χ0) is 46.6. The second-order valence-electron chi connectivity index (χ2n) is 15.5. The summed E-state index contributed by atoms with van der Waals surface area (Å²) in [4.78, 5) is 11.3. The van der Waals surface area contributed by atoms with Crippen molar-refractivity contribution in [3.8, 4) is 0 Å². The molecule has 6 aromatic rings. The summed E-state index contributed by atoms with van der Waals surface area (Å²) in [6.45, 7) is 1.76. The Morgan fingerprint density at radius 3 is 1.03 bits per heavy atom.